The van der Waals surface area contributed by atoms with Crippen LogP contribution in [0.2, 0.25) is 0 Å². The Kier molecular flexibility index (Phi) is 4.93. The van der Waals surface area contributed by atoms with Crippen LogP contribution in [0.5, 0.6) is 0 Å². The minimum atomic E-state index is -1.12. The lowest BCUT2D eigenvalue weighted by Gasteiger charge is -2.20. The molecule has 2 N–H and O–H groups in total. The van der Waals surface area contributed by atoms with Gasteiger partial charge in [-0.25, -0.2) is 4.79 Å². The van der Waals surface area contributed by atoms with E-state index in [0.29, 0.717) is 17.5 Å². The summed E-state index contributed by atoms with van der Waals surface area (Å²) >= 11 is 0. The van der Waals surface area contributed by atoms with Crippen molar-refractivity contribution in [3.63, 3.8) is 0 Å². The molecule has 122 valence electrons. The number of fused-ring (bicyclic) bond motifs is 1. The molecule has 0 saturated heterocycles. The number of rotatable bonds is 6. The van der Waals surface area contributed by atoms with Crippen LogP contribution in [0, 0.1) is 11.8 Å². The fourth-order valence-corrected chi connectivity index (χ4v) is 2.69. The van der Waals surface area contributed by atoms with Gasteiger partial charge in [-0.15, -0.1) is 0 Å². The Bertz CT molecular complexity index is 632. The fourth-order valence-electron chi connectivity index (χ4n) is 2.69. The van der Waals surface area contributed by atoms with Gasteiger partial charge in [0.05, 0.1) is 5.92 Å². The van der Waals surface area contributed by atoms with Crippen LogP contribution in [0.15, 0.2) is 24.3 Å². The Balaban J connectivity index is 2.08. The first-order valence-corrected chi connectivity index (χ1v) is 7.56. The molecule has 6 heteroatoms. The molecular formula is C17H19NO5. The summed E-state index contributed by atoms with van der Waals surface area (Å²) in [5.74, 6) is -3.79. The van der Waals surface area contributed by atoms with Crippen molar-refractivity contribution in [2.75, 3.05) is 0 Å². The van der Waals surface area contributed by atoms with E-state index >= 15 is 0 Å². The molecule has 0 spiro atoms. The number of carbonyl (C=O) groups is 4. The molecule has 2 atom stereocenters. The Morgan fingerprint density at radius 1 is 1.17 bits per heavy atom. The van der Waals surface area contributed by atoms with E-state index in [1.54, 1.807) is 31.2 Å². The third-order valence-corrected chi connectivity index (χ3v) is 4.28. The number of aliphatic carboxylic acids is 1. The predicted molar refractivity (Wildman–Crippen MR) is 82.2 cm³/mol. The highest BCUT2D eigenvalue weighted by atomic mass is 16.4. The van der Waals surface area contributed by atoms with Gasteiger partial charge in [0.2, 0.25) is 5.91 Å². The summed E-state index contributed by atoms with van der Waals surface area (Å²) in [6.07, 6.45) is 0.260. The van der Waals surface area contributed by atoms with E-state index in [4.69, 9.17) is 0 Å². The van der Waals surface area contributed by atoms with Crippen molar-refractivity contribution in [3.05, 3.63) is 35.4 Å². The Labute approximate surface area is 133 Å². The summed E-state index contributed by atoms with van der Waals surface area (Å²) in [5.41, 5.74) is 0.652. The second-order valence-corrected chi connectivity index (χ2v) is 5.80. The number of nitrogens with one attached hydrogen (secondary N) is 1. The SMILES string of the molecule is CC[C@@H](C)[C@@H](NC(=O)CC1C(=O)c2ccccc2C1=O)C(=O)O. The third-order valence-electron chi connectivity index (χ3n) is 4.28. The van der Waals surface area contributed by atoms with Crippen LogP contribution in [0.4, 0.5) is 0 Å². The zero-order valence-electron chi connectivity index (χ0n) is 13.0. The van der Waals surface area contributed by atoms with Crippen LogP contribution in [0.1, 0.15) is 47.4 Å². The highest BCUT2D eigenvalue weighted by Gasteiger charge is 2.40. The minimum absolute atomic E-state index is 0.247. The highest BCUT2D eigenvalue weighted by Crippen LogP contribution is 2.28. The first-order chi connectivity index (χ1) is 10.9. The van der Waals surface area contributed by atoms with Gasteiger partial charge in [0.25, 0.3) is 0 Å². The molecule has 0 fully saturated rings. The number of Topliss-reactive ketones (excluding diaryl/α,β-unsaturated/α-hetero) is 2. The van der Waals surface area contributed by atoms with Crippen molar-refractivity contribution in [2.24, 2.45) is 11.8 Å². The van der Waals surface area contributed by atoms with E-state index in [1.807, 2.05) is 6.92 Å². The summed E-state index contributed by atoms with van der Waals surface area (Å²) in [7, 11) is 0. The molecule has 6 nitrogen and oxygen atoms in total. The van der Waals surface area contributed by atoms with Gasteiger partial charge >= 0.3 is 5.97 Å². The van der Waals surface area contributed by atoms with Crippen molar-refractivity contribution in [1.82, 2.24) is 5.32 Å². The lowest BCUT2D eigenvalue weighted by molar-refractivity contribution is -0.143. The summed E-state index contributed by atoms with van der Waals surface area (Å²) in [6, 6.07) is 5.42. The van der Waals surface area contributed by atoms with Crippen LogP contribution >= 0.6 is 0 Å². The third kappa shape index (κ3) is 3.31. The average Bonchev–Trinajstić information content (AvgIpc) is 2.77. The lowest BCUT2D eigenvalue weighted by atomic mass is 9.96. The lowest BCUT2D eigenvalue weighted by Crippen LogP contribution is -2.45. The summed E-state index contributed by atoms with van der Waals surface area (Å²) in [5, 5.41) is 11.6. The Morgan fingerprint density at radius 2 is 1.70 bits per heavy atom. The van der Waals surface area contributed by atoms with Crippen molar-refractivity contribution >= 4 is 23.4 Å². The molecule has 1 aromatic carbocycles. The van der Waals surface area contributed by atoms with Crippen LogP contribution in [0.25, 0.3) is 0 Å². The first kappa shape index (κ1) is 16.9. The van der Waals surface area contributed by atoms with Gasteiger partial charge < -0.3 is 10.4 Å². The van der Waals surface area contributed by atoms with Gasteiger partial charge in [0.1, 0.15) is 6.04 Å². The number of hydrogen-bond donors (Lipinski definition) is 2. The van der Waals surface area contributed by atoms with Crippen molar-refractivity contribution in [1.29, 1.82) is 0 Å². The van der Waals surface area contributed by atoms with E-state index in [2.05, 4.69) is 5.32 Å². The smallest absolute Gasteiger partial charge is 0.326 e. The van der Waals surface area contributed by atoms with Crippen LogP contribution in [-0.2, 0) is 9.59 Å². The second-order valence-electron chi connectivity index (χ2n) is 5.80. The maximum Gasteiger partial charge on any atom is 0.326 e. The Hall–Kier alpha value is -2.50. The Morgan fingerprint density at radius 3 is 2.13 bits per heavy atom. The zero-order chi connectivity index (χ0) is 17.1. The van der Waals surface area contributed by atoms with Crippen LogP contribution < -0.4 is 5.32 Å². The second kappa shape index (κ2) is 6.73. The molecule has 0 aromatic heterocycles. The topological polar surface area (TPSA) is 101 Å². The van der Waals surface area contributed by atoms with Gasteiger partial charge in [0, 0.05) is 17.5 Å². The largest absolute Gasteiger partial charge is 0.480 e. The molecule has 0 heterocycles. The maximum absolute atomic E-state index is 12.2. The summed E-state index contributed by atoms with van der Waals surface area (Å²) in [6.45, 7) is 3.55. The number of hydrogen-bond acceptors (Lipinski definition) is 4. The minimum Gasteiger partial charge on any atom is -0.480 e. The number of carboxylic acid groups (broad SMARTS) is 1. The van der Waals surface area contributed by atoms with Crippen molar-refractivity contribution in [2.45, 2.75) is 32.7 Å². The van der Waals surface area contributed by atoms with Gasteiger partial charge in [-0.05, 0) is 5.92 Å². The predicted octanol–water partition coefficient (Wildman–Crippen LogP) is 1.69. The summed E-state index contributed by atoms with van der Waals surface area (Å²) < 4.78 is 0. The molecule has 1 aliphatic rings. The molecule has 1 aliphatic carbocycles. The number of benzene rings is 1. The van der Waals surface area contributed by atoms with Crippen molar-refractivity contribution < 1.29 is 24.3 Å². The van der Waals surface area contributed by atoms with E-state index < -0.39 is 23.8 Å². The quantitative estimate of drug-likeness (QED) is 0.778. The molecule has 2 rings (SSSR count). The van der Waals surface area contributed by atoms with Gasteiger partial charge in [-0.1, -0.05) is 44.5 Å². The van der Waals surface area contributed by atoms with E-state index in [1.165, 1.54) is 0 Å². The standard InChI is InChI=1S/C17H19NO5/c1-3-9(2)14(17(22)23)18-13(19)8-12-15(20)10-6-4-5-7-11(10)16(12)21/h4-7,9,12,14H,3,8H2,1-2H3,(H,18,19)(H,22,23)/t9-,14-/m1/s1. The normalized spacial score (nSPS) is 16.8. The molecule has 1 amide bonds. The number of amides is 1. The molecule has 1 aromatic rings. The monoisotopic (exact) mass is 317 g/mol. The van der Waals surface area contributed by atoms with Crippen LogP contribution in [-0.4, -0.2) is 34.6 Å². The molecular weight excluding hydrogens is 298 g/mol. The molecule has 0 bridgehead atoms. The molecule has 23 heavy (non-hydrogen) atoms. The maximum atomic E-state index is 12.2. The fraction of sp³-hybridized carbons (Fsp3) is 0.412. The van der Waals surface area contributed by atoms with Gasteiger partial charge in [0.15, 0.2) is 11.6 Å². The van der Waals surface area contributed by atoms with E-state index in [0.717, 1.165) is 0 Å². The molecule has 0 aliphatic heterocycles. The number of carbonyl (C=O) groups excluding carboxylic acids is 3. The summed E-state index contributed by atoms with van der Waals surface area (Å²) in [4.78, 5) is 47.8. The first-order valence-electron chi connectivity index (χ1n) is 7.56. The van der Waals surface area contributed by atoms with Crippen molar-refractivity contribution in [3.8, 4) is 0 Å². The van der Waals surface area contributed by atoms with E-state index in [9.17, 15) is 24.3 Å². The highest BCUT2D eigenvalue weighted by molar-refractivity contribution is 6.27. The number of ketones is 2. The average molecular weight is 317 g/mol. The number of carboxylic acids is 1. The molecule has 0 radical (unpaired) electrons. The van der Waals surface area contributed by atoms with Gasteiger partial charge in [-0.3, -0.25) is 14.4 Å². The zero-order valence-corrected chi connectivity index (χ0v) is 13.0. The van der Waals surface area contributed by atoms with E-state index in [-0.39, 0.29) is 23.9 Å². The molecule has 0 unspecified atom stereocenters. The molecule has 0 saturated carbocycles. The van der Waals surface area contributed by atoms with Crippen LogP contribution in [0.3, 0.4) is 0 Å². The van der Waals surface area contributed by atoms with Gasteiger partial charge in [-0.2, -0.15) is 0 Å².